The number of benzene rings is 1. The SMILES string of the molecule is Cc1cnc(NCCCn2ncc3ccccc32)nc1-c1cnn(C)c1. The summed E-state index contributed by atoms with van der Waals surface area (Å²) in [4.78, 5) is 9.03. The maximum atomic E-state index is 4.64. The number of anilines is 1. The van der Waals surface area contributed by atoms with Crippen LogP contribution in [0, 0.1) is 6.92 Å². The van der Waals surface area contributed by atoms with E-state index in [1.807, 2.05) is 55.6 Å². The Hall–Kier alpha value is -3.22. The van der Waals surface area contributed by atoms with Crippen molar-refractivity contribution in [3.05, 3.63) is 54.6 Å². The van der Waals surface area contributed by atoms with Gasteiger partial charge in [0.1, 0.15) is 0 Å². The molecule has 0 radical (unpaired) electrons. The highest BCUT2D eigenvalue weighted by Gasteiger charge is 2.08. The van der Waals surface area contributed by atoms with E-state index in [2.05, 4.69) is 37.6 Å². The van der Waals surface area contributed by atoms with Crippen LogP contribution in [0.1, 0.15) is 12.0 Å². The van der Waals surface area contributed by atoms with Gasteiger partial charge in [0.05, 0.1) is 23.6 Å². The van der Waals surface area contributed by atoms with Gasteiger partial charge in [-0.1, -0.05) is 18.2 Å². The molecule has 0 aliphatic carbocycles. The molecule has 0 spiro atoms. The lowest BCUT2D eigenvalue weighted by Gasteiger charge is -2.08. The van der Waals surface area contributed by atoms with Crippen LogP contribution in [-0.4, -0.2) is 36.1 Å². The van der Waals surface area contributed by atoms with Gasteiger partial charge in [0, 0.05) is 43.5 Å². The van der Waals surface area contributed by atoms with Crippen LogP contribution in [0.5, 0.6) is 0 Å². The van der Waals surface area contributed by atoms with E-state index in [9.17, 15) is 0 Å². The summed E-state index contributed by atoms with van der Waals surface area (Å²) in [6.45, 7) is 3.64. The topological polar surface area (TPSA) is 73.5 Å². The standard InChI is InChI=1S/C19H21N7/c1-14-10-21-19(24-18(14)16-12-22-25(2)13-16)20-8-5-9-26-17-7-4-3-6-15(17)11-23-26/h3-4,6-7,10-13H,5,8-9H2,1-2H3,(H,20,21,24). The van der Waals surface area contributed by atoms with Gasteiger partial charge < -0.3 is 5.32 Å². The molecule has 0 amide bonds. The molecule has 3 aromatic heterocycles. The summed E-state index contributed by atoms with van der Waals surface area (Å²) in [7, 11) is 1.90. The van der Waals surface area contributed by atoms with Gasteiger partial charge in [0.15, 0.2) is 0 Å². The zero-order valence-corrected chi connectivity index (χ0v) is 14.9. The van der Waals surface area contributed by atoms with Crippen LogP contribution in [0.2, 0.25) is 0 Å². The quantitative estimate of drug-likeness (QED) is 0.543. The smallest absolute Gasteiger partial charge is 0.223 e. The summed E-state index contributed by atoms with van der Waals surface area (Å²) in [6.07, 6.45) is 8.47. The van der Waals surface area contributed by atoms with Crippen LogP contribution < -0.4 is 5.32 Å². The highest BCUT2D eigenvalue weighted by atomic mass is 15.3. The van der Waals surface area contributed by atoms with Crippen molar-refractivity contribution in [1.29, 1.82) is 0 Å². The number of hydrogen-bond acceptors (Lipinski definition) is 5. The summed E-state index contributed by atoms with van der Waals surface area (Å²) in [5.74, 6) is 0.639. The van der Waals surface area contributed by atoms with Gasteiger partial charge in [-0.2, -0.15) is 10.2 Å². The summed E-state index contributed by atoms with van der Waals surface area (Å²) < 4.78 is 3.81. The molecule has 4 aromatic rings. The first-order valence-electron chi connectivity index (χ1n) is 8.68. The van der Waals surface area contributed by atoms with Crippen molar-refractivity contribution in [3.63, 3.8) is 0 Å². The third kappa shape index (κ3) is 3.28. The molecule has 0 bridgehead atoms. The van der Waals surface area contributed by atoms with Gasteiger partial charge in [-0.25, -0.2) is 9.97 Å². The number of fused-ring (bicyclic) bond motifs is 1. The molecule has 7 nitrogen and oxygen atoms in total. The van der Waals surface area contributed by atoms with E-state index in [0.717, 1.165) is 41.8 Å². The van der Waals surface area contributed by atoms with Crippen LogP contribution in [0.3, 0.4) is 0 Å². The lowest BCUT2D eigenvalue weighted by Crippen LogP contribution is -2.10. The summed E-state index contributed by atoms with van der Waals surface area (Å²) in [5, 5.41) is 13.2. The molecule has 0 saturated carbocycles. The number of hydrogen-bond donors (Lipinski definition) is 1. The van der Waals surface area contributed by atoms with E-state index >= 15 is 0 Å². The number of nitrogens with zero attached hydrogens (tertiary/aromatic N) is 6. The number of para-hydroxylation sites is 1. The van der Waals surface area contributed by atoms with Gasteiger partial charge in [0.2, 0.25) is 5.95 Å². The first-order chi connectivity index (χ1) is 12.7. The minimum Gasteiger partial charge on any atom is -0.354 e. The Balaban J connectivity index is 1.39. The fourth-order valence-electron chi connectivity index (χ4n) is 3.00. The Morgan fingerprint density at radius 2 is 1.96 bits per heavy atom. The summed E-state index contributed by atoms with van der Waals surface area (Å²) in [6, 6.07) is 8.25. The van der Waals surface area contributed by atoms with Crippen LogP contribution in [0.4, 0.5) is 5.95 Å². The van der Waals surface area contributed by atoms with Gasteiger partial charge in [-0.05, 0) is 25.0 Å². The fourth-order valence-corrected chi connectivity index (χ4v) is 3.00. The first kappa shape index (κ1) is 16.3. The van der Waals surface area contributed by atoms with Crippen LogP contribution >= 0.6 is 0 Å². The number of rotatable bonds is 6. The summed E-state index contributed by atoms with van der Waals surface area (Å²) >= 11 is 0. The van der Waals surface area contributed by atoms with Crippen molar-refractivity contribution in [3.8, 4) is 11.3 Å². The minimum atomic E-state index is 0.639. The summed E-state index contributed by atoms with van der Waals surface area (Å²) in [5.41, 5.74) is 4.11. The fraction of sp³-hybridized carbons (Fsp3) is 0.263. The van der Waals surface area contributed by atoms with Crippen molar-refractivity contribution in [2.24, 2.45) is 7.05 Å². The lowest BCUT2D eigenvalue weighted by atomic mass is 10.1. The Bertz CT molecular complexity index is 1030. The lowest BCUT2D eigenvalue weighted by molar-refractivity contribution is 0.609. The number of aromatic nitrogens is 6. The minimum absolute atomic E-state index is 0.639. The average molecular weight is 347 g/mol. The van der Waals surface area contributed by atoms with E-state index in [-0.39, 0.29) is 0 Å². The predicted octanol–water partition coefficient (Wildman–Crippen LogP) is 3.04. The van der Waals surface area contributed by atoms with E-state index < -0.39 is 0 Å². The molecule has 1 N–H and O–H groups in total. The molecule has 0 atom stereocenters. The molecule has 0 aliphatic heterocycles. The van der Waals surface area contributed by atoms with Crippen molar-refractivity contribution in [2.45, 2.75) is 19.9 Å². The second-order valence-electron chi connectivity index (χ2n) is 6.33. The molecule has 132 valence electrons. The monoisotopic (exact) mass is 347 g/mol. The Kier molecular flexibility index (Phi) is 4.35. The second kappa shape index (κ2) is 6.95. The maximum absolute atomic E-state index is 4.64. The van der Waals surface area contributed by atoms with Crippen molar-refractivity contribution >= 4 is 16.9 Å². The zero-order valence-electron chi connectivity index (χ0n) is 14.9. The highest BCUT2D eigenvalue weighted by Crippen LogP contribution is 2.20. The molecule has 0 unspecified atom stereocenters. The van der Waals surface area contributed by atoms with Crippen molar-refractivity contribution in [2.75, 3.05) is 11.9 Å². The van der Waals surface area contributed by atoms with Crippen molar-refractivity contribution in [1.82, 2.24) is 29.5 Å². The average Bonchev–Trinajstić information content (AvgIpc) is 3.26. The molecule has 0 saturated heterocycles. The molecule has 4 rings (SSSR count). The molecule has 1 aromatic carbocycles. The van der Waals surface area contributed by atoms with Gasteiger partial charge in [0.25, 0.3) is 0 Å². The Morgan fingerprint density at radius 3 is 2.81 bits per heavy atom. The van der Waals surface area contributed by atoms with Gasteiger partial charge in [-0.3, -0.25) is 9.36 Å². The molecule has 3 heterocycles. The van der Waals surface area contributed by atoms with Crippen LogP contribution in [0.15, 0.2) is 49.1 Å². The number of aryl methyl sites for hydroxylation is 3. The normalized spacial score (nSPS) is 11.2. The molecule has 0 aliphatic rings. The largest absolute Gasteiger partial charge is 0.354 e. The van der Waals surface area contributed by atoms with Gasteiger partial charge >= 0.3 is 0 Å². The molecule has 26 heavy (non-hydrogen) atoms. The Labute approximate surface area is 151 Å². The van der Waals surface area contributed by atoms with Crippen molar-refractivity contribution < 1.29 is 0 Å². The highest BCUT2D eigenvalue weighted by molar-refractivity contribution is 5.78. The maximum Gasteiger partial charge on any atom is 0.223 e. The third-order valence-corrected chi connectivity index (χ3v) is 4.33. The molecule has 7 heteroatoms. The van der Waals surface area contributed by atoms with E-state index in [0.29, 0.717) is 5.95 Å². The third-order valence-electron chi connectivity index (χ3n) is 4.33. The second-order valence-corrected chi connectivity index (χ2v) is 6.33. The van der Waals surface area contributed by atoms with E-state index in [1.54, 1.807) is 4.68 Å². The van der Waals surface area contributed by atoms with Gasteiger partial charge in [-0.15, -0.1) is 0 Å². The van der Waals surface area contributed by atoms with Crippen LogP contribution in [-0.2, 0) is 13.6 Å². The van der Waals surface area contributed by atoms with E-state index in [4.69, 9.17) is 0 Å². The predicted molar refractivity (Wildman–Crippen MR) is 102 cm³/mol. The first-order valence-corrected chi connectivity index (χ1v) is 8.68. The number of nitrogens with one attached hydrogen (secondary N) is 1. The van der Waals surface area contributed by atoms with E-state index in [1.165, 1.54) is 5.39 Å². The molecular weight excluding hydrogens is 326 g/mol. The Morgan fingerprint density at radius 1 is 1.08 bits per heavy atom. The molecule has 0 fully saturated rings. The zero-order chi connectivity index (χ0) is 17.9. The molecular formula is C19H21N7. The van der Waals surface area contributed by atoms with Crippen LogP contribution in [0.25, 0.3) is 22.2 Å².